The van der Waals surface area contributed by atoms with Gasteiger partial charge in [0.1, 0.15) is 0 Å². The average Bonchev–Trinajstić information content (AvgIpc) is 2.66. The highest BCUT2D eigenvalue weighted by Gasteiger charge is 2.30. The zero-order valence-electron chi connectivity index (χ0n) is 16.0. The summed E-state index contributed by atoms with van der Waals surface area (Å²) in [5.74, 6) is 1.12. The van der Waals surface area contributed by atoms with E-state index >= 15 is 0 Å². The second-order valence-electron chi connectivity index (χ2n) is 6.67. The molecule has 0 fully saturated rings. The molecule has 3 N–H and O–H groups in total. The average molecular weight is 391 g/mol. The molecule has 8 heteroatoms. The number of rotatable bonds is 5. The highest BCUT2D eigenvalue weighted by atomic mass is 32.1. The van der Waals surface area contributed by atoms with Gasteiger partial charge in [-0.15, -0.1) is 0 Å². The smallest absolute Gasteiger partial charge is 0.260 e. The molecule has 0 bridgehead atoms. The van der Waals surface area contributed by atoms with E-state index in [2.05, 4.69) is 10.3 Å². The van der Waals surface area contributed by atoms with Crippen molar-refractivity contribution >= 4 is 12.2 Å². The van der Waals surface area contributed by atoms with E-state index in [1.807, 2.05) is 26.0 Å². The summed E-state index contributed by atoms with van der Waals surface area (Å²) >= 11 is 5.27. The molecule has 146 valence electrons. The van der Waals surface area contributed by atoms with Crippen molar-refractivity contribution in [2.45, 2.75) is 38.8 Å². The second-order valence-corrected chi connectivity index (χ2v) is 7.05. The molecule has 0 saturated heterocycles. The lowest BCUT2D eigenvalue weighted by Crippen LogP contribution is -2.35. The van der Waals surface area contributed by atoms with Gasteiger partial charge >= 0.3 is 0 Å². The van der Waals surface area contributed by atoms with Crippen molar-refractivity contribution in [2.75, 3.05) is 20.8 Å². The van der Waals surface area contributed by atoms with E-state index in [0.29, 0.717) is 18.0 Å². The maximum atomic E-state index is 12.7. The largest absolute Gasteiger partial charge is 0.494 e. The van der Waals surface area contributed by atoms with Crippen LogP contribution in [-0.2, 0) is 6.42 Å². The molecule has 0 saturated carbocycles. The molecule has 0 radical (unpaired) electrons. The van der Waals surface area contributed by atoms with Crippen LogP contribution in [0.3, 0.4) is 0 Å². The van der Waals surface area contributed by atoms with E-state index in [1.54, 1.807) is 18.8 Å². The molecule has 1 aromatic carbocycles. The summed E-state index contributed by atoms with van der Waals surface area (Å²) in [6.07, 6.45) is 1.56. The lowest BCUT2D eigenvalue weighted by Gasteiger charge is -2.29. The van der Waals surface area contributed by atoms with Crippen LogP contribution in [0.5, 0.6) is 17.4 Å². The Morgan fingerprint density at radius 2 is 2.00 bits per heavy atom. The maximum Gasteiger partial charge on any atom is 0.260 e. The van der Waals surface area contributed by atoms with E-state index < -0.39 is 11.6 Å². The van der Waals surface area contributed by atoms with Crippen LogP contribution in [0.1, 0.15) is 49.0 Å². The zero-order valence-corrected chi connectivity index (χ0v) is 16.8. The van der Waals surface area contributed by atoms with Crippen LogP contribution in [0.2, 0.25) is 0 Å². The minimum Gasteiger partial charge on any atom is -0.494 e. The summed E-state index contributed by atoms with van der Waals surface area (Å²) in [5.41, 5.74) is 1.80. The third kappa shape index (κ3) is 3.35. The predicted molar refractivity (Wildman–Crippen MR) is 106 cm³/mol. The Hall–Kier alpha value is -2.32. The number of aromatic amines is 1. The van der Waals surface area contributed by atoms with Crippen LogP contribution >= 0.6 is 12.2 Å². The highest BCUT2D eigenvalue weighted by molar-refractivity contribution is 7.71. The Morgan fingerprint density at radius 3 is 2.63 bits per heavy atom. The van der Waals surface area contributed by atoms with Gasteiger partial charge in [-0.3, -0.25) is 14.3 Å². The molecule has 2 unspecified atom stereocenters. The van der Waals surface area contributed by atoms with Gasteiger partial charge in [0, 0.05) is 12.6 Å². The highest BCUT2D eigenvalue weighted by Crippen LogP contribution is 2.38. The number of fused-ring (bicyclic) bond motifs is 1. The van der Waals surface area contributed by atoms with Crippen molar-refractivity contribution in [3.8, 4) is 17.4 Å². The Kier molecular flexibility index (Phi) is 5.57. The van der Waals surface area contributed by atoms with Crippen LogP contribution in [-0.4, -0.2) is 35.4 Å². The van der Waals surface area contributed by atoms with Gasteiger partial charge in [-0.25, -0.2) is 0 Å². The van der Waals surface area contributed by atoms with Gasteiger partial charge in [0.15, 0.2) is 16.3 Å². The van der Waals surface area contributed by atoms with Crippen molar-refractivity contribution in [2.24, 2.45) is 0 Å². The molecule has 1 aliphatic rings. The first-order valence-corrected chi connectivity index (χ1v) is 9.39. The van der Waals surface area contributed by atoms with Crippen LogP contribution < -0.4 is 20.3 Å². The molecule has 2 atom stereocenters. The summed E-state index contributed by atoms with van der Waals surface area (Å²) < 4.78 is 12.6. The third-order valence-electron chi connectivity index (χ3n) is 5.17. The third-order valence-corrected chi connectivity index (χ3v) is 5.47. The van der Waals surface area contributed by atoms with Gasteiger partial charge in [-0.05, 0) is 55.2 Å². The number of ether oxygens (including phenoxy) is 2. The zero-order chi connectivity index (χ0) is 19.7. The molecular formula is C19H25N3O4S. The lowest BCUT2D eigenvalue weighted by molar-refractivity contribution is 0.350. The van der Waals surface area contributed by atoms with Gasteiger partial charge in [0.2, 0.25) is 5.88 Å². The van der Waals surface area contributed by atoms with E-state index in [0.717, 1.165) is 24.0 Å². The molecule has 0 spiro atoms. The van der Waals surface area contributed by atoms with Crippen LogP contribution in [0.4, 0.5) is 0 Å². The number of nitrogens with zero attached hydrogens (tertiary/aromatic N) is 1. The molecule has 1 aliphatic heterocycles. The normalized spacial score (nSPS) is 17.3. The van der Waals surface area contributed by atoms with Crippen LogP contribution in [0.15, 0.2) is 16.9 Å². The Balaban J connectivity index is 2.23. The topological polar surface area (TPSA) is 88.5 Å². The number of aromatic nitrogens is 2. The molecule has 3 rings (SSSR count). The Bertz CT molecular complexity index is 967. The minimum absolute atomic E-state index is 0.0402. The van der Waals surface area contributed by atoms with Crippen molar-refractivity contribution in [1.82, 2.24) is 14.9 Å². The fraction of sp³-hybridized carbons (Fsp3) is 0.474. The first kappa shape index (κ1) is 19.4. The standard InChI is InChI=1S/C19H25N3O4S/c1-5-10(2)22-18(24)15(17(23)21-19(22)27)16-12-9-14(26-4)13(25-3)8-11(12)6-7-20-16/h8-10,16,20,24H,5-7H2,1-4H3,(H,21,23,27). The fourth-order valence-corrected chi connectivity index (χ4v) is 3.90. The molecule has 2 heterocycles. The molecule has 0 aliphatic carbocycles. The van der Waals surface area contributed by atoms with Gasteiger partial charge < -0.3 is 19.9 Å². The first-order chi connectivity index (χ1) is 12.9. The van der Waals surface area contributed by atoms with Gasteiger partial charge in [0.05, 0.1) is 25.8 Å². The summed E-state index contributed by atoms with van der Waals surface area (Å²) in [7, 11) is 3.17. The molecular weight excluding hydrogens is 366 g/mol. The molecule has 7 nitrogen and oxygen atoms in total. The quantitative estimate of drug-likeness (QED) is 0.680. The van der Waals surface area contributed by atoms with E-state index in [4.69, 9.17) is 21.7 Å². The summed E-state index contributed by atoms with van der Waals surface area (Å²) in [5, 5.41) is 14.3. The SMILES string of the molecule is CCC(C)n1c(O)c(C2NCCc3cc(OC)c(OC)cc32)c(=O)[nH]c1=S. The number of benzene rings is 1. The number of aromatic hydroxyl groups is 1. The van der Waals surface area contributed by atoms with E-state index in [-0.39, 0.29) is 22.3 Å². The van der Waals surface area contributed by atoms with Crippen molar-refractivity contribution < 1.29 is 14.6 Å². The van der Waals surface area contributed by atoms with Crippen molar-refractivity contribution in [3.63, 3.8) is 0 Å². The summed E-state index contributed by atoms with van der Waals surface area (Å²) in [4.78, 5) is 15.4. The number of methoxy groups -OCH3 is 2. The monoisotopic (exact) mass is 391 g/mol. The Morgan fingerprint density at radius 1 is 1.33 bits per heavy atom. The van der Waals surface area contributed by atoms with E-state index in [1.165, 1.54) is 0 Å². The van der Waals surface area contributed by atoms with Gasteiger partial charge in [0.25, 0.3) is 5.56 Å². The summed E-state index contributed by atoms with van der Waals surface area (Å²) in [6, 6.07) is 3.28. The molecule has 2 aromatic rings. The summed E-state index contributed by atoms with van der Waals surface area (Å²) in [6.45, 7) is 4.63. The fourth-order valence-electron chi connectivity index (χ4n) is 3.54. The lowest BCUT2D eigenvalue weighted by atomic mass is 9.90. The van der Waals surface area contributed by atoms with Crippen molar-refractivity contribution in [1.29, 1.82) is 0 Å². The number of hydrogen-bond donors (Lipinski definition) is 3. The van der Waals surface area contributed by atoms with E-state index in [9.17, 15) is 9.90 Å². The van der Waals surface area contributed by atoms with Crippen molar-refractivity contribution in [3.05, 3.63) is 43.9 Å². The molecule has 0 amide bonds. The van der Waals surface area contributed by atoms with Crippen LogP contribution in [0.25, 0.3) is 0 Å². The molecule has 27 heavy (non-hydrogen) atoms. The predicted octanol–water partition coefficient (Wildman–Crippen LogP) is 2.83. The molecule has 1 aromatic heterocycles. The second kappa shape index (κ2) is 7.74. The number of H-pyrrole nitrogens is 1. The van der Waals surface area contributed by atoms with Gasteiger partial charge in [-0.2, -0.15) is 0 Å². The minimum atomic E-state index is -0.469. The van der Waals surface area contributed by atoms with Crippen LogP contribution in [0, 0.1) is 4.77 Å². The number of nitrogens with one attached hydrogen (secondary N) is 2. The van der Waals surface area contributed by atoms with Gasteiger partial charge in [-0.1, -0.05) is 6.92 Å². The number of hydrogen-bond acceptors (Lipinski definition) is 6. The Labute approximate surface area is 163 Å². The maximum absolute atomic E-state index is 12.7. The first-order valence-electron chi connectivity index (χ1n) is 8.98.